The molecule has 0 saturated heterocycles. The molecule has 1 saturated carbocycles. The fraction of sp³-hybridized carbons (Fsp3) is 0.600. The Kier molecular flexibility index (Phi) is 4.88. The molecule has 0 bridgehead atoms. The van der Waals surface area contributed by atoms with E-state index < -0.39 is 0 Å². The molecule has 1 aliphatic carbocycles. The summed E-state index contributed by atoms with van der Waals surface area (Å²) in [6.07, 6.45) is 8.05. The van der Waals surface area contributed by atoms with Crippen LogP contribution in [0.5, 0.6) is 5.75 Å². The van der Waals surface area contributed by atoms with Crippen LogP contribution in [-0.2, 0) is 11.3 Å². The molecule has 18 heavy (non-hydrogen) atoms. The zero-order chi connectivity index (χ0) is 12.8. The van der Waals surface area contributed by atoms with Gasteiger partial charge >= 0.3 is 0 Å². The standard InChI is InChI=1S/C15H23NO2/c1-17-15-9-8-13(16)10-12(15)11-18-14-6-4-2-3-5-7-14/h8-10,14H,2-7,11,16H2,1H3. The van der Waals surface area contributed by atoms with Gasteiger partial charge in [0.1, 0.15) is 5.75 Å². The molecule has 0 unspecified atom stereocenters. The zero-order valence-corrected chi connectivity index (χ0v) is 11.2. The van der Waals surface area contributed by atoms with E-state index in [2.05, 4.69) is 0 Å². The lowest BCUT2D eigenvalue weighted by Crippen LogP contribution is -2.12. The summed E-state index contributed by atoms with van der Waals surface area (Å²) in [4.78, 5) is 0. The molecule has 1 aromatic rings. The second kappa shape index (κ2) is 6.64. The molecule has 3 nitrogen and oxygen atoms in total. The van der Waals surface area contributed by atoms with Gasteiger partial charge in [0.05, 0.1) is 19.8 Å². The second-order valence-electron chi connectivity index (χ2n) is 5.00. The van der Waals surface area contributed by atoms with Crippen molar-refractivity contribution in [3.05, 3.63) is 23.8 Å². The molecular formula is C15H23NO2. The minimum absolute atomic E-state index is 0.402. The van der Waals surface area contributed by atoms with Crippen LogP contribution >= 0.6 is 0 Å². The molecule has 1 aromatic carbocycles. The van der Waals surface area contributed by atoms with Crippen LogP contribution in [0.2, 0.25) is 0 Å². The summed E-state index contributed by atoms with van der Waals surface area (Å²) in [5.74, 6) is 0.859. The Labute approximate surface area is 109 Å². The monoisotopic (exact) mass is 249 g/mol. The molecule has 0 spiro atoms. The number of methoxy groups -OCH3 is 1. The van der Waals surface area contributed by atoms with Crippen molar-refractivity contribution in [2.24, 2.45) is 0 Å². The number of hydrogen-bond donors (Lipinski definition) is 1. The average Bonchev–Trinajstić information content (AvgIpc) is 2.65. The minimum Gasteiger partial charge on any atom is -0.496 e. The summed E-state index contributed by atoms with van der Waals surface area (Å²) in [6.45, 7) is 0.596. The highest BCUT2D eigenvalue weighted by molar-refractivity contribution is 5.47. The van der Waals surface area contributed by atoms with Crippen LogP contribution < -0.4 is 10.5 Å². The fourth-order valence-corrected chi connectivity index (χ4v) is 2.53. The van der Waals surface area contributed by atoms with Gasteiger partial charge in [-0.3, -0.25) is 0 Å². The SMILES string of the molecule is COc1ccc(N)cc1COC1CCCCCC1. The first-order valence-electron chi connectivity index (χ1n) is 6.83. The second-order valence-corrected chi connectivity index (χ2v) is 5.00. The van der Waals surface area contributed by atoms with E-state index in [0.29, 0.717) is 12.7 Å². The van der Waals surface area contributed by atoms with Crippen LogP contribution in [0, 0.1) is 0 Å². The third kappa shape index (κ3) is 3.64. The van der Waals surface area contributed by atoms with E-state index in [0.717, 1.165) is 17.0 Å². The van der Waals surface area contributed by atoms with Crippen molar-refractivity contribution in [2.75, 3.05) is 12.8 Å². The van der Waals surface area contributed by atoms with E-state index in [9.17, 15) is 0 Å². The van der Waals surface area contributed by atoms with Gasteiger partial charge < -0.3 is 15.2 Å². The van der Waals surface area contributed by atoms with Crippen LogP contribution in [0.4, 0.5) is 5.69 Å². The third-order valence-electron chi connectivity index (χ3n) is 3.58. The highest BCUT2D eigenvalue weighted by Gasteiger charge is 2.13. The molecule has 0 radical (unpaired) electrons. The third-order valence-corrected chi connectivity index (χ3v) is 3.58. The zero-order valence-electron chi connectivity index (χ0n) is 11.2. The van der Waals surface area contributed by atoms with Gasteiger partial charge in [-0.1, -0.05) is 25.7 Å². The summed E-state index contributed by atoms with van der Waals surface area (Å²) in [5, 5.41) is 0. The van der Waals surface area contributed by atoms with E-state index in [-0.39, 0.29) is 0 Å². The lowest BCUT2D eigenvalue weighted by Gasteiger charge is -2.17. The van der Waals surface area contributed by atoms with Gasteiger partial charge in [-0.05, 0) is 31.0 Å². The number of anilines is 1. The Bertz CT molecular complexity index is 371. The largest absolute Gasteiger partial charge is 0.496 e. The van der Waals surface area contributed by atoms with Gasteiger partial charge in [0, 0.05) is 11.3 Å². The Morgan fingerprint density at radius 3 is 2.56 bits per heavy atom. The predicted molar refractivity (Wildman–Crippen MR) is 73.7 cm³/mol. The van der Waals surface area contributed by atoms with Gasteiger partial charge in [0.2, 0.25) is 0 Å². The topological polar surface area (TPSA) is 44.5 Å². The number of hydrogen-bond acceptors (Lipinski definition) is 3. The number of benzene rings is 1. The van der Waals surface area contributed by atoms with Crippen LogP contribution in [0.25, 0.3) is 0 Å². The Balaban J connectivity index is 1.94. The lowest BCUT2D eigenvalue weighted by atomic mass is 10.1. The number of ether oxygens (including phenoxy) is 2. The van der Waals surface area contributed by atoms with Gasteiger partial charge in [-0.15, -0.1) is 0 Å². The number of nitrogens with two attached hydrogens (primary N) is 1. The number of rotatable bonds is 4. The molecular weight excluding hydrogens is 226 g/mol. The minimum atomic E-state index is 0.402. The van der Waals surface area contributed by atoms with E-state index in [1.165, 1.54) is 38.5 Å². The first kappa shape index (κ1) is 13.2. The van der Waals surface area contributed by atoms with E-state index in [4.69, 9.17) is 15.2 Å². The lowest BCUT2D eigenvalue weighted by molar-refractivity contribution is 0.0300. The fourth-order valence-electron chi connectivity index (χ4n) is 2.53. The first-order chi connectivity index (χ1) is 8.79. The molecule has 0 heterocycles. The molecule has 1 aliphatic rings. The van der Waals surface area contributed by atoms with Crippen LogP contribution in [0.15, 0.2) is 18.2 Å². The number of nitrogen functional groups attached to an aromatic ring is 1. The normalized spacial score (nSPS) is 17.4. The van der Waals surface area contributed by atoms with Crippen LogP contribution in [-0.4, -0.2) is 13.2 Å². The van der Waals surface area contributed by atoms with Gasteiger partial charge in [-0.2, -0.15) is 0 Å². The molecule has 0 aliphatic heterocycles. The summed E-state index contributed by atoms with van der Waals surface area (Å²) < 4.78 is 11.3. The molecule has 0 atom stereocenters. The Hall–Kier alpha value is -1.22. The van der Waals surface area contributed by atoms with E-state index in [1.54, 1.807) is 7.11 Å². The van der Waals surface area contributed by atoms with Crippen molar-refractivity contribution in [3.8, 4) is 5.75 Å². The Morgan fingerprint density at radius 1 is 1.17 bits per heavy atom. The highest BCUT2D eigenvalue weighted by Crippen LogP contribution is 2.25. The van der Waals surface area contributed by atoms with Crippen molar-refractivity contribution < 1.29 is 9.47 Å². The van der Waals surface area contributed by atoms with Crippen molar-refractivity contribution in [2.45, 2.75) is 51.2 Å². The maximum absolute atomic E-state index is 6.01. The highest BCUT2D eigenvalue weighted by atomic mass is 16.5. The molecule has 0 amide bonds. The Morgan fingerprint density at radius 2 is 1.89 bits per heavy atom. The molecule has 1 fully saturated rings. The van der Waals surface area contributed by atoms with Crippen molar-refractivity contribution >= 4 is 5.69 Å². The van der Waals surface area contributed by atoms with Crippen molar-refractivity contribution in [1.82, 2.24) is 0 Å². The summed E-state index contributed by atoms with van der Waals surface area (Å²) in [6, 6.07) is 5.70. The maximum atomic E-state index is 6.01. The van der Waals surface area contributed by atoms with Gasteiger partial charge in [0.15, 0.2) is 0 Å². The van der Waals surface area contributed by atoms with Gasteiger partial charge in [-0.25, -0.2) is 0 Å². The van der Waals surface area contributed by atoms with Gasteiger partial charge in [0.25, 0.3) is 0 Å². The van der Waals surface area contributed by atoms with Crippen LogP contribution in [0.3, 0.4) is 0 Å². The van der Waals surface area contributed by atoms with Crippen molar-refractivity contribution in [1.29, 1.82) is 0 Å². The smallest absolute Gasteiger partial charge is 0.124 e. The predicted octanol–water partition coefficient (Wildman–Crippen LogP) is 3.52. The average molecular weight is 249 g/mol. The van der Waals surface area contributed by atoms with Crippen LogP contribution in [0.1, 0.15) is 44.1 Å². The summed E-state index contributed by atoms with van der Waals surface area (Å²) in [5.41, 5.74) is 7.61. The molecule has 2 rings (SSSR count). The maximum Gasteiger partial charge on any atom is 0.124 e. The summed E-state index contributed by atoms with van der Waals surface area (Å²) in [7, 11) is 1.68. The van der Waals surface area contributed by atoms with Crippen molar-refractivity contribution in [3.63, 3.8) is 0 Å². The molecule has 100 valence electrons. The van der Waals surface area contributed by atoms with E-state index >= 15 is 0 Å². The van der Waals surface area contributed by atoms with E-state index in [1.807, 2.05) is 18.2 Å². The quantitative estimate of drug-likeness (QED) is 0.656. The molecule has 3 heteroatoms. The first-order valence-corrected chi connectivity index (χ1v) is 6.83. The molecule has 2 N–H and O–H groups in total. The summed E-state index contributed by atoms with van der Waals surface area (Å²) >= 11 is 0. The molecule has 0 aromatic heterocycles.